The number of rotatable bonds is 4. The minimum absolute atomic E-state index is 0.0323. The SMILES string of the molecule is CC(=O)O[C@@H]1C[C@H](O)[C@H](O)[C@@]2(O1)[C@@H](CO[Si](C)(C)C(C)(C)C)O[C@@H]1OC(C)(C)O[C@@H]12. The Morgan fingerprint density at radius 1 is 1.17 bits per heavy atom. The van der Waals surface area contributed by atoms with Gasteiger partial charge in [0.05, 0.1) is 12.7 Å². The molecule has 30 heavy (non-hydrogen) atoms. The first-order valence-corrected chi connectivity index (χ1v) is 13.4. The molecule has 3 saturated heterocycles. The van der Waals surface area contributed by atoms with E-state index in [4.69, 9.17) is 28.1 Å². The molecule has 1 spiro atoms. The first kappa shape index (κ1) is 24.1. The zero-order valence-electron chi connectivity index (χ0n) is 19.1. The number of carbonyl (C=O) groups excluding carboxylic acids is 1. The van der Waals surface area contributed by atoms with Gasteiger partial charge in [0.2, 0.25) is 6.29 Å². The first-order valence-electron chi connectivity index (χ1n) is 10.5. The van der Waals surface area contributed by atoms with Gasteiger partial charge in [-0.15, -0.1) is 0 Å². The molecule has 9 nitrogen and oxygen atoms in total. The van der Waals surface area contributed by atoms with Crippen LogP contribution in [0.1, 0.15) is 48.0 Å². The van der Waals surface area contributed by atoms with E-state index >= 15 is 0 Å². The third-order valence-corrected chi connectivity index (χ3v) is 11.1. The molecule has 0 aromatic carbocycles. The Kier molecular flexibility index (Phi) is 6.23. The molecule has 10 heteroatoms. The van der Waals surface area contributed by atoms with Gasteiger partial charge in [0.1, 0.15) is 18.3 Å². The monoisotopic (exact) mass is 448 g/mol. The normalized spacial score (nSPS) is 41.1. The number of aliphatic hydroxyl groups excluding tert-OH is 2. The van der Waals surface area contributed by atoms with Gasteiger partial charge in [-0.25, -0.2) is 0 Å². The highest BCUT2D eigenvalue weighted by Crippen LogP contribution is 2.50. The second-order valence-electron chi connectivity index (χ2n) is 10.4. The summed E-state index contributed by atoms with van der Waals surface area (Å²) >= 11 is 0. The lowest BCUT2D eigenvalue weighted by atomic mass is 9.80. The number of hydrogen-bond acceptors (Lipinski definition) is 9. The zero-order chi connectivity index (χ0) is 22.7. The predicted molar refractivity (Wildman–Crippen MR) is 108 cm³/mol. The highest BCUT2D eigenvalue weighted by Gasteiger charge is 2.71. The highest BCUT2D eigenvalue weighted by atomic mass is 28.4. The summed E-state index contributed by atoms with van der Waals surface area (Å²) in [6, 6.07) is 0. The van der Waals surface area contributed by atoms with Crippen molar-refractivity contribution >= 4 is 14.3 Å². The summed E-state index contributed by atoms with van der Waals surface area (Å²) < 4.78 is 35.7. The lowest BCUT2D eigenvalue weighted by Crippen LogP contribution is -2.68. The summed E-state index contributed by atoms with van der Waals surface area (Å²) in [5.41, 5.74) is -1.52. The summed E-state index contributed by atoms with van der Waals surface area (Å²) in [7, 11) is -2.15. The van der Waals surface area contributed by atoms with Gasteiger partial charge in [0.15, 0.2) is 26.0 Å². The number of ether oxygens (including phenoxy) is 5. The molecule has 0 radical (unpaired) electrons. The molecule has 3 fully saturated rings. The number of hydrogen-bond donors (Lipinski definition) is 2. The fourth-order valence-electron chi connectivity index (χ4n) is 3.99. The molecule has 0 aromatic heterocycles. The van der Waals surface area contributed by atoms with E-state index in [2.05, 4.69) is 33.9 Å². The average molecular weight is 449 g/mol. The van der Waals surface area contributed by atoms with Crippen LogP contribution in [0.4, 0.5) is 0 Å². The van der Waals surface area contributed by atoms with Crippen LogP contribution in [0.2, 0.25) is 18.1 Å². The van der Waals surface area contributed by atoms with Crippen LogP contribution in [-0.2, 0) is 32.9 Å². The maximum atomic E-state index is 11.5. The Labute approximate surface area is 179 Å². The summed E-state index contributed by atoms with van der Waals surface area (Å²) in [4.78, 5) is 11.5. The minimum atomic E-state index is -2.15. The third kappa shape index (κ3) is 4.21. The van der Waals surface area contributed by atoms with Crippen molar-refractivity contribution in [2.75, 3.05) is 6.61 Å². The lowest BCUT2D eigenvalue weighted by molar-refractivity contribution is -0.329. The zero-order valence-corrected chi connectivity index (χ0v) is 20.1. The Hall–Kier alpha value is -0.593. The Balaban J connectivity index is 1.93. The summed E-state index contributed by atoms with van der Waals surface area (Å²) in [5, 5.41) is 21.7. The second kappa shape index (κ2) is 7.77. The summed E-state index contributed by atoms with van der Waals surface area (Å²) in [6.45, 7) is 15.4. The van der Waals surface area contributed by atoms with Gasteiger partial charge in [-0.05, 0) is 32.0 Å². The Bertz CT molecular complexity index is 661. The van der Waals surface area contributed by atoms with Gasteiger partial charge in [-0.1, -0.05) is 20.8 Å². The van der Waals surface area contributed by atoms with Crippen LogP contribution in [0.15, 0.2) is 0 Å². The van der Waals surface area contributed by atoms with Crippen LogP contribution in [0.25, 0.3) is 0 Å². The van der Waals surface area contributed by atoms with Gasteiger partial charge in [0, 0.05) is 13.3 Å². The molecule has 0 unspecified atom stereocenters. The highest BCUT2D eigenvalue weighted by molar-refractivity contribution is 6.74. The number of carbonyl (C=O) groups is 1. The molecule has 0 aromatic rings. The van der Waals surface area contributed by atoms with E-state index in [1.807, 2.05) is 0 Å². The molecule has 2 N–H and O–H groups in total. The Morgan fingerprint density at radius 2 is 1.80 bits per heavy atom. The molecule has 174 valence electrons. The van der Waals surface area contributed by atoms with E-state index in [1.54, 1.807) is 13.8 Å². The maximum absolute atomic E-state index is 11.5. The molecule has 0 amide bonds. The van der Waals surface area contributed by atoms with Gasteiger partial charge < -0.3 is 38.3 Å². The van der Waals surface area contributed by atoms with Crippen molar-refractivity contribution < 1.29 is 43.1 Å². The minimum Gasteiger partial charge on any atom is -0.436 e. The van der Waals surface area contributed by atoms with Crippen LogP contribution in [0.3, 0.4) is 0 Å². The van der Waals surface area contributed by atoms with E-state index in [1.165, 1.54) is 6.92 Å². The van der Waals surface area contributed by atoms with Gasteiger partial charge in [-0.2, -0.15) is 0 Å². The number of esters is 1. The van der Waals surface area contributed by atoms with E-state index in [0.29, 0.717) is 0 Å². The molecule has 0 bridgehead atoms. The standard InChI is InChI=1S/C20H36O9Si/c1-11(21)25-14-9-12(22)15(23)20(27-14)13(10-24-30(7,8)18(2,3)4)26-17-16(20)28-19(5,6)29-17/h12-17,22-23H,9-10H2,1-8H3/t12-,13+,14-,15-,16-,17+,20-/m0/s1. The van der Waals surface area contributed by atoms with Gasteiger partial charge in [-0.3, -0.25) is 4.79 Å². The topological polar surface area (TPSA) is 113 Å². The van der Waals surface area contributed by atoms with Crippen molar-refractivity contribution in [3.8, 4) is 0 Å². The second-order valence-corrected chi connectivity index (χ2v) is 15.2. The van der Waals surface area contributed by atoms with Crippen LogP contribution in [-0.4, -0.2) is 79.5 Å². The first-order chi connectivity index (χ1) is 13.6. The molecule has 3 rings (SSSR count). The molecule has 7 atom stereocenters. The predicted octanol–water partition coefficient (Wildman–Crippen LogP) is 1.65. The largest absolute Gasteiger partial charge is 0.436 e. The van der Waals surface area contributed by atoms with E-state index < -0.39 is 62.7 Å². The van der Waals surface area contributed by atoms with Crippen LogP contribution >= 0.6 is 0 Å². The van der Waals surface area contributed by atoms with Crippen LogP contribution < -0.4 is 0 Å². The van der Waals surface area contributed by atoms with E-state index in [0.717, 1.165) is 0 Å². The Morgan fingerprint density at radius 3 is 2.37 bits per heavy atom. The van der Waals surface area contributed by atoms with Crippen molar-refractivity contribution in [3.63, 3.8) is 0 Å². The molecular formula is C20H36O9Si. The summed E-state index contributed by atoms with van der Waals surface area (Å²) in [6.07, 6.45) is -6.08. The smallest absolute Gasteiger partial charge is 0.304 e. The number of fused-ring (bicyclic) bond motifs is 2. The van der Waals surface area contributed by atoms with Crippen molar-refractivity contribution in [2.24, 2.45) is 0 Å². The molecule has 0 saturated carbocycles. The third-order valence-electron chi connectivity index (χ3n) is 6.60. The van der Waals surface area contributed by atoms with Crippen molar-refractivity contribution in [1.82, 2.24) is 0 Å². The average Bonchev–Trinajstić information content (AvgIpc) is 3.00. The van der Waals surface area contributed by atoms with E-state index in [9.17, 15) is 15.0 Å². The van der Waals surface area contributed by atoms with Crippen molar-refractivity contribution in [3.05, 3.63) is 0 Å². The van der Waals surface area contributed by atoms with E-state index in [-0.39, 0.29) is 18.1 Å². The quantitative estimate of drug-likeness (QED) is 0.489. The van der Waals surface area contributed by atoms with Gasteiger partial charge in [0.25, 0.3) is 0 Å². The molecule has 3 aliphatic heterocycles. The number of aliphatic hydroxyl groups is 2. The molecule has 3 aliphatic rings. The lowest BCUT2D eigenvalue weighted by Gasteiger charge is -2.48. The molecule has 0 aliphatic carbocycles. The van der Waals surface area contributed by atoms with Crippen molar-refractivity contribution in [2.45, 2.75) is 114 Å². The fourth-order valence-corrected chi connectivity index (χ4v) is 4.99. The molecule has 3 heterocycles. The van der Waals surface area contributed by atoms with Crippen LogP contribution in [0.5, 0.6) is 0 Å². The fraction of sp³-hybridized carbons (Fsp3) is 0.950. The van der Waals surface area contributed by atoms with Gasteiger partial charge >= 0.3 is 5.97 Å². The summed E-state index contributed by atoms with van der Waals surface area (Å²) in [5.74, 6) is -1.51. The molecular weight excluding hydrogens is 412 g/mol. The van der Waals surface area contributed by atoms with Crippen LogP contribution in [0, 0.1) is 0 Å². The van der Waals surface area contributed by atoms with Crippen molar-refractivity contribution in [1.29, 1.82) is 0 Å². The maximum Gasteiger partial charge on any atom is 0.304 e.